The van der Waals surface area contributed by atoms with Gasteiger partial charge in [-0.05, 0) is 42.9 Å². The number of halogens is 1. The largest absolute Gasteiger partial charge is 0.281 e. The van der Waals surface area contributed by atoms with E-state index in [0.29, 0.717) is 5.56 Å². The molecule has 1 heterocycles. The third-order valence-electron chi connectivity index (χ3n) is 3.65. The first-order valence-corrected chi connectivity index (χ1v) is 7.96. The van der Waals surface area contributed by atoms with Crippen molar-refractivity contribution >= 4 is 17.5 Å². The average molecular weight is 285 g/mol. The highest BCUT2D eigenvalue weighted by atomic mass is 32.2. The van der Waals surface area contributed by atoms with Crippen LogP contribution in [-0.2, 0) is 0 Å². The van der Waals surface area contributed by atoms with Gasteiger partial charge in [-0.1, -0.05) is 30.3 Å². The molecule has 2 aromatic carbocycles. The number of benzene rings is 2. The minimum Gasteiger partial charge on any atom is -0.281 e. The second kappa shape index (κ2) is 5.80. The molecular formula is C17H16FNS. The Hall–Kier alpha value is -1.61. The van der Waals surface area contributed by atoms with Gasteiger partial charge in [-0.2, -0.15) is 0 Å². The Morgan fingerprint density at radius 3 is 2.55 bits per heavy atom. The maximum atomic E-state index is 13.8. The van der Waals surface area contributed by atoms with Gasteiger partial charge < -0.3 is 0 Å². The molecule has 0 aliphatic carbocycles. The monoisotopic (exact) mass is 285 g/mol. The van der Waals surface area contributed by atoms with Crippen molar-refractivity contribution in [3.8, 4) is 0 Å². The van der Waals surface area contributed by atoms with Gasteiger partial charge in [0.15, 0.2) is 0 Å². The zero-order valence-corrected chi connectivity index (χ0v) is 12.2. The number of hydrogen-bond acceptors (Lipinski definition) is 2. The van der Waals surface area contributed by atoms with Crippen LogP contribution in [0.1, 0.15) is 30.0 Å². The maximum absolute atomic E-state index is 13.8. The van der Waals surface area contributed by atoms with E-state index in [2.05, 4.69) is 30.5 Å². The van der Waals surface area contributed by atoms with E-state index in [4.69, 9.17) is 4.99 Å². The highest BCUT2D eigenvalue weighted by Gasteiger charge is 2.21. The van der Waals surface area contributed by atoms with Crippen LogP contribution in [-0.4, -0.2) is 12.0 Å². The molecule has 2 aromatic rings. The Bertz CT molecular complexity index is 634. The van der Waals surface area contributed by atoms with Crippen molar-refractivity contribution in [3.05, 3.63) is 65.5 Å². The summed E-state index contributed by atoms with van der Waals surface area (Å²) < 4.78 is 13.8. The van der Waals surface area contributed by atoms with Crippen LogP contribution in [0.5, 0.6) is 0 Å². The minimum absolute atomic E-state index is 0.167. The summed E-state index contributed by atoms with van der Waals surface area (Å²) in [4.78, 5) is 5.97. The van der Waals surface area contributed by atoms with Crippen molar-refractivity contribution in [2.24, 2.45) is 4.99 Å². The van der Waals surface area contributed by atoms with Crippen molar-refractivity contribution in [1.82, 2.24) is 0 Å². The third-order valence-corrected chi connectivity index (χ3v) is 4.40. The molecule has 1 aliphatic heterocycles. The molecule has 0 aromatic heterocycles. The third kappa shape index (κ3) is 2.63. The Balaban J connectivity index is 1.85. The highest BCUT2D eigenvalue weighted by molar-refractivity contribution is 7.98. The molecule has 3 rings (SSSR count). The van der Waals surface area contributed by atoms with E-state index >= 15 is 0 Å². The first-order valence-electron chi connectivity index (χ1n) is 6.73. The van der Waals surface area contributed by atoms with Crippen LogP contribution in [0.4, 0.5) is 4.39 Å². The highest BCUT2D eigenvalue weighted by Crippen LogP contribution is 2.32. The molecule has 0 fully saturated rings. The Kier molecular flexibility index (Phi) is 3.88. The lowest BCUT2D eigenvalue weighted by Crippen LogP contribution is -1.99. The predicted molar refractivity (Wildman–Crippen MR) is 83.1 cm³/mol. The number of thioether (sulfide) groups is 1. The molecule has 0 bridgehead atoms. The SMILES string of the molecule is CSc1ccc(C2CCC(c3ccccc3F)=N2)cc1. The van der Waals surface area contributed by atoms with E-state index in [0.717, 1.165) is 18.6 Å². The van der Waals surface area contributed by atoms with E-state index in [1.807, 2.05) is 12.1 Å². The van der Waals surface area contributed by atoms with Gasteiger partial charge in [0.2, 0.25) is 0 Å². The zero-order chi connectivity index (χ0) is 13.9. The fourth-order valence-corrected chi connectivity index (χ4v) is 2.97. The van der Waals surface area contributed by atoms with Crippen molar-refractivity contribution in [3.63, 3.8) is 0 Å². The summed E-state index contributed by atoms with van der Waals surface area (Å²) in [6.45, 7) is 0. The van der Waals surface area contributed by atoms with Gasteiger partial charge in [-0.15, -0.1) is 11.8 Å². The fraction of sp³-hybridized carbons (Fsp3) is 0.235. The van der Waals surface area contributed by atoms with Gasteiger partial charge in [-0.3, -0.25) is 4.99 Å². The quantitative estimate of drug-likeness (QED) is 0.733. The first-order chi connectivity index (χ1) is 9.78. The number of hydrogen-bond donors (Lipinski definition) is 0. The van der Waals surface area contributed by atoms with E-state index in [1.54, 1.807) is 17.8 Å². The van der Waals surface area contributed by atoms with E-state index < -0.39 is 0 Å². The molecule has 0 saturated heterocycles. The minimum atomic E-state index is -0.176. The van der Waals surface area contributed by atoms with E-state index in [1.165, 1.54) is 16.5 Å². The Morgan fingerprint density at radius 2 is 1.85 bits per heavy atom. The topological polar surface area (TPSA) is 12.4 Å². The van der Waals surface area contributed by atoms with Gasteiger partial charge in [0.05, 0.1) is 6.04 Å². The molecule has 1 nitrogen and oxygen atoms in total. The van der Waals surface area contributed by atoms with E-state index in [-0.39, 0.29) is 11.9 Å². The molecule has 1 aliphatic rings. The Labute approximate surface area is 122 Å². The number of nitrogens with zero attached hydrogens (tertiary/aromatic N) is 1. The lowest BCUT2D eigenvalue weighted by Gasteiger charge is -2.07. The van der Waals surface area contributed by atoms with Gasteiger partial charge in [0.1, 0.15) is 5.82 Å². The summed E-state index contributed by atoms with van der Waals surface area (Å²) in [5.41, 5.74) is 2.76. The van der Waals surface area contributed by atoms with Crippen molar-refractivity contribution in [2.75, 3.05) is 6.26 Å². The molecule has 0 radical (unpaired) electrons. The molecule has 0 spiro atoms. The van der Waals surface area contributed by atoms with Crippen LogP contribution in [0, 0.1) is 5.82 Å². The zero-order valence-electron chi connectivity index (χ0n) is 11.3. The summed E-state index contributed by atoms with van der Waals surface area (Å²) in [5.74, 6) is -0.176. The predicted octanol–water partition coefficient (Wildman–Crippen LogP) is 4.87. The number of rotatable bonds is 3. The molecule has 102 valence electrons. The molecule has 0 saturated carbocycles. The molecule has 20 heavy (non-hydrogen) atoms. The second-order valence-corrected chi connectivity index (χ2v) is 5.76. The molecular weight excluding hydrogens is 269 g/mol. The van der Waals surface area contributed by atoms with Crippen molar-refractivity contribution < 1.29 is 4.39 Å². The van der Waals surface area contributed by atoms with Crippen LogP contribution in [0.25, 0.3) is 0 Å². The molecule has 0 N–H and O–H groups in total. The maximum Gasteiger partial charge on any atom is 0.132 e. The lowest BCUT2D eigenvalue weighted by molar-refractivity contribution is 0.625. The average Bonchev–Trinajstić information content (AvgIpc) is 2.97. The van der Waals surface area contributed by atoms with E-state index in [9.17, 15) is 4.39 Å². The van der Waals surface area contributed by atoms with Crippen LogP contribution in [0.3, 0.4) is 0 Å². The summed E-state index contributed by atoms with van der Waals surface area (Å²) in [7, 11) is 0. The normalized spacial score (nSPS) is 18.1. The van der Waals surface area contributed by atoms with Gasteiger partial charge >= 0.3 is 0 Å². The standard InChI is InChI=1S/C17H16FNS/c1-20-13-8-6-12(7-9-13)16-10-11-17(19-16)14-4-2-3-5-15(14)18/h2-9,16H,10-11H2,1H3. The number of aliphatic imine (C=N–C) groups is 1. The molecule has 3 heteroatoms. The van der Waals surface area contributed by atoms with Gasteiger partial charge in [0.25, 0.3) is 0 Å². The first kappa shape index (κ1) is 13.4. The molecule has 1 unspecified atom stereocenters. The van der Waals surface area contributed by atoms with Crippen LogP contribution in [0.2, 0.25) is 0 Å². The van der Waals surface area contributed by atoms with Gasteiger partial charge in [-0.25, -0.2) is 4.39 Å². The smallest absolute Gasteiger partial charge is 0.132 e. The van der Waals surface area contributed by atoms with Crippen molar-refractivity contribution in [1.29, 1.82) is 0 Å². The lowest BCUT2D eigenvalue weighted by atomic mass is 10.0. The fourth-order valence-electron chi connectivity index (χ4n) is 2.56. The van der Waals surface area contributed by atoms with Crippen LogP contribution >= 0.6 is 11.8 Å². The summed E-state index contributed by atoms with van der Waals surface area (Å²) in [6, 6.07) is 15.6. The second-order valence-electron chi connectivity index (χ2n) is 4.88. The summed E-state index contributed by atoms with van der Waals surface area (Å²) in [5, 5.41) is 0. The van der Waals surface area contributed by atoms with Crippen molar-refractivity contribution in [2.45, 2.75) is 23.8 Å². The van der Waals surface area contributed by atoms with Gasteiger partial charge in [0, 0.05) is 16.2 Å². The Morgan fingerprint density at radius 1 is 1.10 bits per heavy atom. The van der Waals surface area contributed by atoms with Crippen LogP contribution < -0.4 is 0 Å². The molecule has 1 atom stereocenters. The summed E-state index contributed by atoms with van der Waals surface area (Å²) >= 11 is 1.73. The summed E-state index contributed by atoms with van der Waals surface area (Å²) in [6.07, 6.45) is 3.87. The van der Waals surface area contributed by atoms with Crippen LogP contribution in [0.15, 0.2) is 58.4 Å². The molecule has 0 amide bonds.